The molecule has 1 aromatic heterocycles. The lowest BCUT2D eigenvalue weighted by molar-refractivity contribution is -0.122. The largest absolute Gasteiger partial charge is 0.473 e. The van der Waals surface area contributed by atoms with Gasteiger partial charge in [-0.3, -0.25) is 14.7 Å². The maximum atomic E-state index is 13.5. The maximum Gasteiger partial charge on any atom is 0.325 e. The average molecular weight is 431 g/mol. The Kier molecular flexibility index (Phi) is 6.24. The fourth-order valence-corrected chi connectivity index (χ4v) is 3.91. The minimum absolute atomic E-state index is 0.0224. The Balaban J connectivity index is 1.23. The van der Waals surface area contributed by atoms with Gasteiger partial charge in [0, 0.05) is 43.3 Å². The normalized spacial score (nSPS) is 21.3. The molecule has 1 aliphatic carbocycles. The number of amides is 3. The molecule has 0 radical (unpaired) electrons. The molecule has 10 heteroatoms. The number of rotatable bonds is 6. The summed E-state index contributed by atoms with van der Waals surface area (Å²) in [4.78, 5) is 35.8. The highest BCUT2D eigenvalue weighted by molar-refractivity contribution is 5.96. The number of aromatic nitrogens is 2. The smallest absolute Gasteiger partial charge is 0.325 e. The third kappa shape index (κ3) is 5.07. The first-order chi connectivity index (χ1) is 15.0. The Bertz CT molecular complexity index is 938. The second-order valence-corrected chi connectivity index (χ2v) is 7.66. The van der Waals surface area contributed by atoms with E-state index in [9.17, 15) is 18.4 Å². The van der Waals surface area contributed by atoms with Crippen LogP contribution in [0.5, 0.6) is 5.88 Å². The Morgan fingerprint density at radius 1 is 1.13 bits per heavy atom. The van der Waals surface area contributed by atoms with Gasteiger partial charge < -0.3 is 15.0 Å². The van der Waals surface area contributed by atoms with Crippen LogP contribution in [0.1, 0.15) is 25.7 Å². The number of carbonyl (C=O) groups is 2. The van der Waals surface area contributed by atoms with Crippen molar-refractivity contribution < 1.29 is 23.1 Å². The first kappa shape index (κ1) is 21.0. The van der Waals surface area contributed by atoms with Crippen LogP contribution >= 0.6 is 0 Å². The quantitative estimate of drug-likeness (QED) is 0.760. The molecule has 2 heterocycles. The minimum atomic E-state index is -1.01. The van der Waals surface area contributed by atoms with Crippen LogP contribution in [0, 0.1) is 11.6 Å². The summed E-state index contributed by atoms with van der Waals surface area (Å²) < 4.78 is 32.4. The fraction of sp³-hybridized carbons (Fsp3) is 0.429. The van der Waals surface area contributed by atoms with E-state index in [1.54, 1.807) is 18.6 Å². The van der Waals surface area contributed by atoms with Crippen LogP contribution in [0.25, 0.3) is 0 Å². The summed E-state index contributed by atoms with van der Waals surface area (Å²) in [5.41, 5.74) is 0.272. The van der Waals surface area contributed by atoms with Crippen LogP contribution in [0.15, 0.2) is 36.8 Å². The zero-order chi connectivity index (χ0) is 21.8. The Labute approximate surface area is 178 Å². The van der Waals surface area contributed by atoms with E-state index in [4.69, 9.17) is 4.74 Å². The molecule has 1 aliphatic heterocycles. The van der Waals surface area contributed by atoms with Gasteiger partial charge in [-0.1, -0.05) is 0 Å². The van der Waals surface area contributed by atoms with Gasteiger partial charge in [0.05, 0.1) is 6.20 Å². The van der Waals surface area contributed by atoms with Crippen molar-refractivity contribution >= 4 is 17.6 Å². The molecule has 2 aliphatic rings. The Morgan fingerprint density at radius 3 is 2.65 bits per heavy atom. The van der Waals surface area contributed by atoms with Crippen LogP contribution in [0.3, 0.4) is 0 Å². The molecule has 0 bridgehead atoms. The van der Waals surface area contributed by atoms with E-state index >= 15 is 0 Å². The zero-order valence-electron chi connectivity index (χ0n) is 16.8. The molecule has 3 amide bonds. The van der Waals surface area contributed by atoms with Crippen molar-refractivity contribution in [1.82, 2.24) is 20.2 Å². The highest BCUT2D eigenvalue weighted by atomic mass is 19.2. The minimum Gasteiger partial charge on any atom is -0.473 e. The standard InChI is InChI=1S/C21H23F2N5O3/c22-17-6-3-15(11-18(17)23)28-10-9-27(21(28)30)13-19(29)26-14-1-4-16(5-2-14)31-20-12-24-7-8-25-20/h3,6-8,11-12,14,16H,1-2,4-5,9-10,13H2,(H,26,29). The predicted octanol–water partition coefficient (Wildman–Crippen LogP) is 2.50. The monoisotopic (exact) mass is 431 g/mol. The van der Waals surface area contributed by atoms with Gasteiger partial charge in [-0.2, -0.15) is 0 Å². The number of anilines is 1. The lowest BCUT2D eigenvalue weighted by Gasteiger charge is -2.29. The molecule has 1 saturated carbocycles. The van der Waals surface area contributed by atoms with E-state index in [0.29, 0.717) is 19.0 Å². The van der Waals surface area contributed by atoms with Gasteiger partial charge in [-0.05, 0) is 37.8 Å². The summed E-state index contributed by atoms with van der Waals surface area (Å²) in [6.07, 6.45) is 7.88. The van der Waals surface area contributed by atoms with Crippen LogP contribution < -0.4 is 15.0 Å². The number of hydrogen-bond donors (Lipinski definition) is 1. The number of nitrogens with zero attached hydrogens (tertiary/aromatic N) is 4. The molecule has 0 unspecified atom stereocenters. The van der Waals surface area contributed by atoms with Crippen molar-refractivity contribution in [2.75, 3.05) is 24.5 Å². The third-order valence-electron chi connectivity index (χ3n) is 5.51. The number of carbonyl (C=O) groups excluding carboxylic acids is 2. The van der Waals surface area contributed by atoms with Crippen molar-refractivity contribution in [1.29, 1.82) is 0 Å². The summed E-state index contributed by atoms with van der Waals surface area (Å²) in [5, 5.41) is 2.98. The third-order valence-corrected chi connectivity index (χ3v) is 5.51. The first-order valence-electron chi connectivity index (χ1n) is 10.2. The van der Waals surface area contributed by atoms with Gasteiger partial charge in [0.1, 0.15) is 12.6 Å². The Hall–Kier alpha value is -3.30. The van der Waals surface area contributed by atoms with Crippen LogP contribution in [-0.4, -0.2) is 58.6 Å². The van der Waals surface area contributed by atoms with E-state index in [0.717, 1.165) is 37.8 Å². The topological polar surface area (TPSA) is 87.7 Å². The van der Waals surface area contributed by atoms with E-state index in [1.807, 2.05) is 0 Å². The van der Waals surface area contributed by atoms with Gasteiger partial charge in [0.15, 0.2) is 11.6 Å². The molecular weight excluding hydrogens is 408 g/mol. The summed E-state index contributed by atoms with van der Waals surface area (Å²) in [6, 6.07) is 2.94. The average Bonchev–Trinajstić information content (AvgIpc) is 3.12. The lowest BCUT2D eigenvalue weighted by atomic mass is 9.93. The van der Waals surface area contributed by atoms with E-state index in [2.05, 4.69) is 15.3 Å². The van der Waals surface area contributed by atoms with E-state index < -0.39 is 17.7 Å². The molecule has 2 fully saturated rings. The fourth-order valence-electron chi connectivity index (χ4n) is 3.91. The Morgan fingerprint density at radius 2 is 1.94 bits per heavy atom. The molecule has 31 heavy (non-hydrogen) atoms. The van der Waals surface area contributed by atoms with E-state index in [1.165, 1.54) is 15.9 Å². The summed E-state index contributed by atoms with van der Waals surface area (Å²) in [7, 11) is 0. The second kappa shape index (κ2) is 9.23. The summed E-state index contributed by atoms with van der Waals surface area (Å²) in [6.45, 7) is 0.570. The molecule has 164 valence electrons. The molecular formula is C21H23F2N5O3. The molecule has 4 rings (SSSR count). The van der Waals surface area contributed by atoms with Crippen molar-refractivity contribution in [2.24, 2.45) is 0 Å². The van der Waals surface area contributed by atoms with Gasteiger partial charge in [0.2, 0.25) is 11.8 Å². The zero-order valence-corrected chi connectivity index (χ0v) is 16.8. The molecule has 1 N–H and O–H groups in total. The van der Waals surface area contributed by atoms with Crippen LogP contribution in [-0.2, 0) is 4.79 Å². The van der Waals surface area contributed by atoms with Crippen LogP contribution in [0.2, 0.25) is 0 Å². The molecule has 1 aromatic carbocycles. The van der Waals surface area contributed by atoms with Crippen LogP contribution in [0.4, 0.5) is 19.3 Å². The molecule has 0 atom stereocenters. The van der Waals surface area contributed by atoms with Crippen molar-refractivity contribution in [3.05, 3.63) is 48.4 Å². The number of halogens is 2. The van der Waals surface area contributed by atoms with Gasteiger partial charge in [0.25, 0.3) is 0 Å². The predicted molar refractivity (Wildman–Crippen MR) is 108 cm³/mol. The maximum absolute atomic E-state index is 13.5. The molecule has 1 saturated heterocycles. The van der Waals surface area contributed by atoms with Crippen molar-refractivity contribution in [3.63, 3.8) is 0 Å². The number of benzene rings is 1. The summed E-state index contributed by atoms with van der Waals surface area (Å²) in [5.74, 6) is -1.73. The number of urea groups is 1. The van der Waals surface area contributed by atoms with E-state index in [-0.39, 0.29) is 30.3 Å². The van der Waals surface area contributed by atoms with Gasteiger partial charge in [-0.25, -0.2) is 18.6 Å². The highest BCUT2D eigenvalue weighted by Gasteiger charge is 2.32. The number of hydrogen-bond acceptors (Lipinski definition) is 5. The highest BCUT2D eigenvalue weighted by Crippen LogP contribution is 2.24. The SMILES string of the molecule is O=C(CN1CCN(c2ccc(F)c(F)c2)C1=O)NC1CCC(Oc2cnccn2)CC1. The van der Waals surface area contributed by atoms with Crippen molar-refractivity contribution in [2.45, 2.75) is 37.8 Å². The van der Waals surface area contributed by atoms with Crippen molar-refractivity contribution in [3.8, 4) is 5.88 Å². The first-order valence-corrected chi connectivity index (χ1v) is 10.2. The van der Waals surface area contributed by atoms with Gasteiger partial charge in [-0.15, -0.1) is 0 Å². The number of nitrogens with one attached hydrogen (secondary N) is 1. The summed E-state index contributed by atoms with van der Waals surface area (Å²) >= 11 is 0. The molecule has 8 nitrogen and oxygen atoms in total. The molecule has 0 spiro atoms. The lowest BCUT2D eigenvalue weighted by Crippen LogP contribution is -2.45. The second-order valence-electron chi connectivity index (χ2n) is 7.66. The molecule has 2 aromatic rings. The van der Waals surface area contributed by atoms with Gasteiger partial charge >= 0.3 is 6.03 Å². The number of ether oxygens (including phenoxy) is 1.